The number of carbonyl (C=O) groups excluding carboxylic acids is 5. The van der Waals surface area contributed by atoms with Crippen molar-refractivity contribution in [1.82, 2.24) is 25.8 Å². The summed E-state index contributed by atoms with van der Waals surface area (Å²) in [7, 11) is 0. The van der Waals surface area contributed by atoms with Crippen LogP contribution in [0.5, 0.6) is 0 Å². The summed E-state index contributed by atoms with van der Waals surface area (Å²) in [6, 6.07) is 27.0. The first-order valence-corrected chi connectivity index (χ1v) is 23.4. The van der Waals surface area contributed by atoms with Crippen LogP contribution >= 0.6 is 0 Å². The lowest BCUT2D eigenvalue weighted by Crippen LogP contribution is -2.43. The molecule has 0 bridgehead atoms. The van der Waals surface area contributed by atoms with Gasteiger partial charge in [0, 0.05) is 67.8 Å². The summed E-state index contributed by atoms with van der Waals surface area (Å²) in [4.78, 5) is 72.7. The molecule has 7 rings (SSSR count). The van der Waals surface area contributed by atoms with Crippen LogP contribution in [-0.2, 0) is 14.4 Å². The highest BCUT2D eigenvalue weighted by molar-refractivity contribution is 5.99. The summed E-state index contributed by atoms with van der Waals surface area (Å²) < 4.78 is 0. The van der Waals surface area contributed by atoms with Crippen LogP contribution in [0.15, 0.2) is 84.9 Å². The molecule has 8 atom stereocenters. The van der Waals surface area contributed by atoms with Gasteiger partial charge in [-0.25, -0.2) is 0 Å². The number of amides is 5. The lowest BCUT2D eigenvalue weighted by atomic mass is 9.90. The van der Waals surface area contributed by atoms with Crippen molar-refractivity contribution in [2.75, 3.05) is 32.7 Å². The first-order chi connectivity index (χ1) is 29.7. The van der Waals surface area contributed by atoms with Crippen LogP contribution in [0.4, 0.5) is 0 Å². The van der Waals surface area contributed by atoms with E-state index in [4.69, 9.17) is 0 Å². The minimum absolute atomic E-state index is 0.000912. The second kappa shape index (κ2) is 21.2. The number of nitrogens with one attached hydrogen (secondary N) is 3. The monoisotopic (exact) mass is 830 g/mol. The Morgan fingerprint density at radius 3 is 1.46 bits per heavy atom. The van der Waals surface area contributed by atoms with Crippen LogP contribution in [0.1, 0.15) is 141 Å². The predicted molar refractivity (Wildman–Crippen MR) is 239 cm³/mol. The fourth-order valence-corrected chi connectivity index (χ4v) is 9.76. The minimum atomic E-state index is -0.684. The maximum atomic E-state index is 14.1. The van der Waals surface area contributed by atoms with Crippen LogP contribution < -0.4 is 16.0 Å². The van der Waals surface area contributed by atoms with Gasteiger partial charge in [0.05, 0.1) is 17.8 Å². The summed E-state index contributed by atoms with van der Waals surface area (Å²) in [6.07, 6.45) is 14.1. The maximum Gasteiger partial charge on any atom is 0.253 e. The van der Waals surface area contributed by atoms with E-state index in [0.717, 1.165) is 57.8 Å². The van der Waals surface area contributed by atoms with Gasteiger partial charge in [0.2, 0.25) is 17.7 Å². The molecule has 4 fully saturated rings. The third-order valence-electron chi connectivity index (χ3n) is 13.7. The Bertz CT molecular complexity index is 1860. The van der Waals surface area contributed by atoms with Crippen molar-refractivity contribution < 1.29 is 24.0 Å². The molecule has 10 heteroatoms. The average Bonchev–Trinajstić information content (AvgIpc) is 4.14. The van der Waals surface area contributed by atoms with Crippen LogP contribution in [-0.4, -0.2) is 84.1 Å². The second-order valence-corrected chi connectivity index (χ2v) is 18.2. The fraction of sp³-hybridized carbons (Fsp3) is 0.549. The molecule has 2 saturated heterocycles. The predicted octanol–water partition coefficient (Wildman–Crippen LogP) is 7.85. The Balaban J connectivity index is 0.981. The SMILES string of the molecule is CCCCCCCC[C@@H]1CN(C(=O)c2ccc(C(=O)N3C[C@@H](C(=O)N[C@H]4C[C@@H]4c4ccccc4)[C@H](C(=O)N[C@H]4C[C@@H]4c4ccccc4)C3)cc2)C[C@H]1C(=O)NCCCCCC. The molecule has 0 aromatic heterocycles. The molecule has 3 N–H and O–H groups in total. The highest BCUT2D eigenvalue weighted by atomic mass is 16.2. The van der Waals surface area contributed by atoms with E-state index in [2.05, 4.69) is 54.1 Å². The molecule has 2 aliphatic carbocycles. The van der Waals surface area contributed by atoms with Crippen LogP contribution in [0.3, 0.4) is 0 Å². The average molecular weight is 830 g/mol. The van der Waals surface area contributed by atoms with E-state index < -0.39 is 11.8 Å². The molecule has 61 heavy (non-hydrogen) atoms. The third-order valence-corrected chi connectivity index (χ3v) is 13.7. The van der Waals surface area contributed by atoms with E-state index in [9.17, 15) is 24.0 Å². The number of hydrogen-bond acceptors (Lipinski definition) is 5. The van der Waals surface area contributed by atoms with Crippen LogP contribution in [0, 0.1) is 23.7 Å². The van der Waals surface area contributed by atoms with E-state index in [0.29, 0.717) is 30.8 Å². The first kappa shape index (κ1) is 44.1. The topological polar surface area (TPSA) is 128 Å². The van der Waals surface area contributed by atoms with E-state index in [-0.39, 0.29) is 78.4 Å². The number of unbranched alkanes of at least 4 members (excludes halogenated alkanes) is 8. The molecule has 10 nitrogen and oxygen atoms in total. The van der Waals surface area contributed by atoms with Gasteiger partial charge in [0.1, 0.15) is 0 Å². The van der Waals surface area contributed by atoms with Crippen molar-refractivity contribution in [3.63, 3.8) is 0 Å². The second-order valence-electron chi connectivity index (χ2n) is 18.2. The lowest BCUT2D eigenvalue weighted by molar-refractivity contribution is -0.133. The third kappa shape index (κ3) is 11.5. The molecule has 5 amide bonds. The largest absolute Gasteiger partial charge is 0.356 e. The standard InChI is InChI=1S/C51H67N5O5/c1-3-5-7-9-10-13-23-39-31-55(32-42(39)47(57)52-28-18-8-6-4-2)50(60)37-24-26-38(27-25-37)51(61)56-33-43(48(58)53-45-29-40(45)35-19-14-11-15-20-35)44(34-56)49(59)54-46-30-41(46)36-21-16-12-17-22-36/h11-12,14-17,19-22,24-27,39-46H,3-10,13,18,23,28-34H2,1-2H3,(H,52,57)(H,53,58)(H,54,59)/t39-,40-,41-,42-,43-,44-,45+,46+/m1/s1. The fourth-order valence-electron chi connectivity index (χ4n) is 9.76. The Morgan fingerprint density at radius 2 is 0.951 bits per heavy atom. The summed E-state index contributed by atoms with van der Waals surface area (Å²) in [5, 5.41) is 9.58. The van der Waals surface area contributed by atoms with Gasteiger partial charge in [-0.2, -0.15) is 0 Å². The number of likely N-dealkylation sites (tertiary alicyclic amines) is 2. The first-order valence-electron chi connectivity index (χ1n) is 23.4. The molecular weight excluding hydrogens is 763 g/mol. The summed E-state index contributed by atoms with van der Waals surface area (Å²) >= 11 is 0. The van der Waals surface area contributed by atoms with Gasteiger partial charge in [-0.05, 0) is 67.0 Å². The van der Waals surface area contributed by atoms with Crippen molar-refractivity contribution in [3.8, 4) is 0 Å². The van der Waals surface area contributed by atoms with Crippen LogP contribution in [0.25, 0.3) is 0 Å². The molecule has 3 aromatic rings. The quantitative estimate of drug-likeness (QED) is 0.0943. The van der Waals surface area contributed by atoms with E-state index in [1.165, 1.54) is 36.8 Å². The van der Waals surface area contributed by atoms with Gasteiger partial charge in [-0.3, -0.25) is 24.0 Å². The Labute approximate surface area is 363 Å². The van der Waals surface area contributed by atoms with Gasteiger partial charge in [0.15, 0.2) is 0 Å². The molecule has 2 aliphatic heterocycles. The zero-order valence-electron chi connectivity index (χ0n) is 36.4. The summed E-state index contributed by atoms with van der Waals surface area (Å²) in [6.45, 7) is 6.26. The van der Waals surface area contributed by atoms with Crippen LogP contribution in [0.2, 0.25) is 0 Å². The van der Waals surface area contributed by atoms with E-state index in [1.54, 1.807) is 29.2 Å². The van der Waals surface area contributed by atoms with Crippen molar-refractivity contribution in [1.29, 1.82) is 0 Å². The molecule has 0 unspecified atom stereocenters. The zero-order valence-corrected chi connectivity index (χ0v) is 36.4. The smallest absolute Gasteiger partial charge is 0.253 e. The van der Waals surface area contributed by atoms with Crippen molar-refractivity contribution in [2.45, 2.75) is 121 Å². The molecule has 2 heterocycles. The molecule has 2 saturated carbocycles. The Morgan fingerprint density at radius 1 is 0.508 bits per heavy atom. The van der Waals surface area contributed by atoms with Gasteiger partial charge in [-0.1, -0.05) is 132 Å². The van der Waals surface area contributed by atoms with Gasteiger partial charge >= 0.3 is 0 Å². The summed E-state index contributed by atoms with van der Waals surface area (Å²) in [5.41, 5.74) is 3.24. The highest BCUT2D eigenvalue weighted by Crippen LogP contribution is 2.43. The number of rotatable bonds is 21. The van der Waals surface area contributed by atoms with Crippen molar-refractivity contribution in [3.05, 3.63) is 107 Å². The number of carbonyl (C=O) groups is 5. The Kier molecular flexibility index (Phi) is 15.3. The number of nitrogens with zero attached hydrogens (tertiary/aromatic N) is 2. The Hall–Kier alpha value is -4.99. The van der Waals surface area contributed by atoms with E-state index in [1.807, 2.05) is 41.3 Å². The van der Waals surface area contributed by atoms with Crippen molar-refractivity contribution >= 4 is 29.5 Å². The highest BCUT2D eigenvalue weighted by Gasteiger charge is 2.49. The zero-order chi connectivity index (χ0) is 42.7. The molecule has 4 aliphatic rings. The normalized spacial score (nSPS) is 25.2. The van der Waals surface area contributed by atoms with Crippen molar-refractivity contribution in [2.24, 2.45) is 23.7 Å². The number of benzene rings is 3. The van der Waals surface area contributed by atoms with Gasteiger partial charge < -0.3 is 25.8 Å². The molecule has 0 spiro atoms. The molecule has 326 valence electrons. The number of hydrogen-bond donors (Lipinski definition) is 3. The van der Waals surface area contributed by atoms with Gasteiger partial charge in [-0.15, -0.1) is 0 Å². The summed E-state index contributed by atoms with van der Waals surface area (Å²) in [5.74, 6) is -1.75. The lowest BCUT2D eigenvalue weighted by Gasteiger charge is -2.18. The maximum absolute atomic E-state index is 14.1. The van der Waals surface area contributed by atoms with Gasteiger partial charge in [0.25, 0.3) is 11.8 Å². The molecule has 0 radical (unpaired) electrons. The molecule has 3 aromatic carbocycles. The molecular formula is C51H67N5O5. The minimum Gasteiger partial charge on any atom is -0.356 e. The van der Waals surface area contributed by atoms with E-state index >= 15 is 0 Å².